The van der Waals surface area contributed by atoms with Crippen molar-refractivity contribution in [3.63, 3.8) is 0 Å². The SMILES string of the molecule is CC(C)[C@@H]1CC[C@@H](C)CC12COC(C)(c1ccccc1)OC2. The van der Waals surface area contributed by atoms with Crippen LogP contribution in [0.3, 0.4) is 0 Å². The Balaban J connectivity index is 1.79. The first-order valence-corrected chi connectivity index (χ1v) is 8.79. The van der Waals surface area contributed by atoms with Crippen LogP contribution >= 0.6 is 0 Å². The summed E-state index contributed by atoms with van der Waals surface area (Å²) in [4.78, 5) is 0. The Labute approximate surface area is 135 Å². The van der Waals surface area contributed by atoms with E-state index in [0.29, 0.717) is 11.8 Å². The first-order valence-electron chi connectivity index (χ1n) is 8.79. The average molecular weight is 302 g/mol. The van der Waals surface area contributed by atoms with E-state index in [0.717, 1.165) is 24.7 Å². The molecule has 0 bridgehead atoms. The van der Waals surface area contributed by atoms with Gasteiger partial charge < -0.3 is 9.47 Å². The molecule has 0 N–H and O–H groups in total. The molecule has 2 heteroatoms. The van der Waals surface area contributed by atoms with Crippen LogP contribution in [0.5, 0.6) is 0 Å². The van der Waals surface area contributed by atoms with Crippen LogP contribution in [0.2, 0.25) is 0 Å². The second-order valence-electron chi connectivity index (χ2n) is 7.99. The van der Waals surface area contributed by atoms with Gasteiger partial charge in [-0.2, -0.15) is 0 Å². The molecule has 1 aliphatic heterocycles. The Hall–Kier alpha value is -0.860. The molecule has 1 heterocycles. The molecule has 22 heavy (non-hydrogen) atoms. The van der Waals surface area contributed by atoms with E-state index in [1.165, 1.54) is 19.3 Å². The van der Waals surface area contributed by atoms with Crippen molar-refractivity contribution in [2.24, 2.45) is 23.2 Å². The summed E-state index contributed by atoms with van der Waals surface area (Å²) in [5.41, 5.74) is 1.33. The molecule has 2 atom stereocenters. The van der Waals surface area contributed by atoms with Gasteiger partial charge in [0.15, 0.2) is 5.79 Å². The summed E-state index contributed by atoms with van der Waals surface area (Å²) in [7, 11) is 0. The van der Waals surface area contributed by atoms with E-state index in [2.05, 4.69) is 52.0 Å². The summed E-state index contributed by atoms with van der Waals surface area (Å²) in [5.74, 6) is 1.60. The maximum atomic E-state index is 6.35. The standard InChI is InChI=1S/C20H30O2/c1-15(2)18-11-10-16(3)12-20(18)13-21-19(4,22-14-20)17-8-6-5-7-9-17/h5-9,15-16,18H,10-14H2,1-4H3/t16-,18+,19?,20?/m1/s1. The first-order chi connectivity index (χ1) is 10.5. The highest BCUT2D eigenvalue weighted by Crippen LogP contribution is 2.51. The van der Waals surface area contributed by atoms with Gasteiger partial charge in [0.05, 0.1) is 13.2 Å². The smallest absolute Gasteiger partial charge is 0.191 e. The number of hydrogen-bond donors (Lipinski definition) is 0. The highest BCUT2D eigenvalue weighted by molar-refractivity contribution is 5.20. The highest BCUT2D eigenvalue weighted by atomic mass is 16.7. The molecule has 122 valence electrons. The highest BCUT2D eigenvalue weighted by Gasteiger charge is 2.50. The van der Waals surface area contributed by atoms with Gasteiger partial charge in [0.25, 0.3) is 0 Å². The van der Waals surface area contributed by atoms with E-state index < -0.39 is 5.79 Å². The van der Waals surface area contributed by atoms with E-state index in [1.807, 2.05) is 6.07 Å². The molecule has 2 fully saturated rings. The Bertz CT molecular complexity index is 486. The van der Waals surface area contributed by atoms with Crippen LogP contribution in [0.25, 0.3) is 0 Å². The summed E-state index contributed by atoms with van der Waals surface area (Å²) < 4.78 is 12.7. The summed E-state index contributed by atoms with van der Waals surface area (Å²) in [6.45, 7) is 10.8. The van der Waals surface area contributed by atoms with Gasteiger partial charge in [0.2, 0.25) is 0 Å². The maximum absolute atomic E-state index is 6.35. The van der Waals surface area contributed by atoms with Gasteiger partial charge in [0, 0.05) is 11.0 Å². The van der Waals surface area contributed by atoms with Crippen LogP contribution in [0.15, 0.2) is 30.3 Å². The minimum atomic E-state index is -0.589. The largest absolute Gasteiger partial charge is 0.345 e. The van der Waals surface area contributed by atoms with Crippen LogP contribution in [0.4, 0.5) is 0 Å². The molecule has 1 aromatic rings. The third kappa shape index (κ3) is 2.83. The van der Waals surface area contributed by atoms with Gasteiger partial charge in [-0.3, -0.25) is 0 Å². The zero-order valence-electron chi connectivity index (χ0n) is 14.5. The zero-order chi connectivity index (χ0) is 15.8. The molecule has 1 saturated carbocycles. The molecular weight excluding hydrogens is 272 g/mol. The van der Waals surface area contributed by atoms with Crippen LogP contribution in [0.1, 0.15) is 52.5 Å². The molecule has 1 saturated heterocycles. The van der Waals surface area contributed by atoms with Crippen molar-refractivity contribution in [1.29, 1.82) is 0 Å². The van der Waals surface area contributed by atoms with E-state index in [9.17, 15) is 0 Å². The fraction of sp³-hybridized carbons (Fsp3) is 0.700. The maximum Gasteiger partial charge on any atom is 0.191 e. The second kappa shape index (κ2) is 5.98. The minimum absolute atomic E-state index is 0.208. The van der Waals surface area contributed by atoms with Crippen LogP contribution < -0.4 is 0 Å². The van der Waals surface area contributed by atoms with Crippen molar-refractivity contribution >= 4 is 0 Å². The lowest BCUT2D eigenvalue weighted by Crippen LogP contribution is -2.53. The van der Waals surface area contributed by atoms with Gasteiger partial charge in [0.1, 0.15) is 0 Å². The molecule has 0 unspecified atom stereocenters. The first kappa shape index (κ1) is 16.0. The molecule has 0 aromatic heterocycles. The normalized spacial score (nSPS) is 39.3. The van der Waals surface area contributed by atoms with Crippen molar-refractivity contribution in [1.82, 2.24) is 0 Å². The number of hydrogen-bond acceptors (Lipinski definition) is 2. The van der Waals surface area contributed by atoms with Crippen molar-refractivity contribution < 1.29 is 9.47 Å². The third-order valence-corrected chi connectivity index (χ3v) is 5.89. The summed E-state index contributed by atoms with van der Waals surface area (Å²) in [6, 6.07) is 10.3. The van der Waals surface area contributed by atoms with Crippen LogP contribution in [0, 0.1) is 23.2 Å². The van der Waals surface area contributed by atoms with E-state index >= 15 is 0 Å². The average Bonchev–Trinajstić information content (AvgIpc) is 2.51. The fourth-order valence-corrected chi connectivity index (χ4v) is 4.64. The lowest BCUT2D eigenvalue weighted by Gasteiger charge is -2.53. The van der Waals surface area contributed by atoms with Crippen LogP contribution in [-0.4, -0.2) is 13.2 Å². The quantitative estimate of drug-likeness (QED) is 0.766. The Kier molecular flexibility index (Phi) is 4.35. The van der Waals surface area contributed by atoms with Gasteiger partial charge >= 0.3 is 0 Å². The lowest BCUT2D eigenvalue weighted by atomic mass is 9.60. The summed E-state index contributed by atoms with van der Waals surface area (Å²) >= 11 is 0. The number of benzene rings is 1. The van der Waals surface area contributed by atoms with E-state index in [-0.39, 0.29) is 5.41 Å². The van der Waals surface area contributed by atoms with Crippen LogP contribution in [-0.2, 0) is 15.3 Å². The molecule has 0 amide bonds. The zero-order valence-corrected chi connectivity index (χ0v) is 14.5. The predicted molar refractivity (Wildman–Crippen MR) is 89.5 cm³/mol. The number of ether oxygens (including phenoxy) is 2. The fourth-order valence-electron chi connectivity index (χ4n) is 4.64. The summed E-state index contributed by atoms with van der Waals surface area (Å²) in [6.07, 6.45) is 3.90. The third-order valence-electron chi connectivity index (χ3n) is 5.89. The molecule has 1 spiro atoms. The second-order valence-corrected chi connectivity index (χ2v) is 7.99. The molecule has 0 radical (unpaired) electrons. The molecular formula is C20H30O2. The monoisotopic (exact) mass is 302 g/mol. The molecule has 3 rings (SSSR count). The van der Waals surface area contributed by atoms with Crippen molar-refractivity contribution in [2.45, 2.75) is 52.7 Å². The van der Waals surface area contributed by atoms with E-state index in [4.69, 9.17) is 9.47 Å². The van der Waals surface area contributed by atoms with Gasteiger partial charge in [-0.05, 0) is 37.5 Å². The minimum Gasteiger partial charge on any atom is -0.345 e. The van der Waals surface area contributed by atoms with Gasteiger partial charge in [-0.15, -0.1) is 0 Å². The molecule has 2 nitrogen and oxygen atoms in total. The van der Waals surface area contributed by atoms with Crippen molar-refractivity contribution in [3.05, 3.63) is 35.9 Å². The Morgan fingerprint density at radius 3 is 2.27 bits per heavy atom. The molecule has 2 aliphatic rings. The Morgan fingerprint density at radius 2 is 1.68 bits per heavy atom. The topological polar surface area (TPSA) is 18.5 Å². The molecule has 1 aliphatic carbocycles. The Morgan fingerprint density at radius 1 is 1.05 bits per heavy atom. The van der Waals surface area contributed by atoms with Crippen molar-refractivity contribution in [2.75, 3.05) is 13.2 Å². The molecule has 1 aromatic carbocycles. The predicted octanol–water partition coefficient (Wildman–Crippen LogP) is 4.98. The van der Waals surface area contributed by atoms with Crippen molar-refractivity contribution in [3.8, 4) is 0 Å². The van der Waals surface area contributed by atoms with Gasteiger partial charge in [-0.25, -0.2) is 0 Å². The summed E-state index contributed by atoms with van der Waals surface area (Å²) in [5, 5.41) is 0. The van der Waals surface area contributed by atoms with E-state index in [1.54, 1.807) is 0 Å². The van der Waals surface area contributed by atoms with Gasteiger partial charge in [-0.1, -0.05) is 57.5 Å². The number of rotatable bonds is 2. The lowest BCUT2D eigenvalue weighted by molar-refractivity contribution is -0.320.